The average molecular weight is 271 g/mol. The molecule has 0 bridgehead atoms. The summed E-state index contributed by atoms with van der Waals surface area (Å²) in [6.45, 7) is 2.96. The molecule has 2 heterocycles. The normalized spacial score (nSPS) is 21.7. The molecule has 0 aliphatic carbocycles. The summed E-state index contributed by atoms with van der Waals surface area (Å²) in [5.74, 6) is 2.08. The highest BCUT2D eigenvalue weighted by molar-refractivity contribution is 8.00. The fraction of sp³-hybridized carbons (Fsp3) is 0.833. The summed E-state index contributed by atoms with van der Waals surface area (Å²) >= 11 is 1.58. The van der Waals surface area contributed by atoms with Gasteiger partial charge in [-0.3, -0.25) is 9.59 Å². The van der Waals surface area contributed by atoms with Crippen molar-refractivity contribution in [1.29, 1.82) is 0 Å². The second-order valence-electron chi connectivity index (χ2n) is 4.95. The summed E-state index contributed by atoms with van der Waals surface area (Å²) in [5, 5.41) is 3.19. The lowest BCUT2D eigenvalue weighted by atomic mass is 9.97. The van der Waals surface area contributed by atoms with Crippen molar-refractivity contribution in [3.8, 4) is 0 Å². The van der Waals surface area contributed by atoms with Crippen molar-refractivity contribution in [2.75, 3.05) is 44.9 Å². The number of carbonyl (C=O) groups excluding carboxylic acids is 2. The molecule has 0 spiro atoms. The Hall–Kier alpha value is -0.750. The first-order chi connectivity index (χ1) is 8.70. The number of nitrogens with one attached hydrogen (secondary N) is 1. The Morgan fingerprint density at radius 3 is 2.72 bits per heavy atom. The quantitative estimate of drug-likeness (QED) is 0.780. The lowest BCUT2D eigenvalue weighted by Gasteiger charge is -2.32. The van der Waals surface area contributed by atoms with Crippen LogP contribution in [0.5, 0.6) is 0 Å². The molecule has 0 atom stereocenters. The number of nitrogens with zero attached hydrogens (tertiary/aromatic N) is 2. The van der Waals surface area contributed by atoms with E-state index in [2.05, 4.69) is 5.32 Å². The van der Waals surface area contributed by atoms with Gasteiger partial charge in [0, 0.05) is 13.1 Å². The van der Waals surface area contributed by atoms with E-state index in [1.807, 2.05) is 11.9 Å². The predicted octanol–water partition coefficient (Wildman–Crippen LogP) is -0.0227. The van der Waals surface area contributed by atoms with Crippen LogP contribution in [0.25, 0.3) is 0 Å². The zero-order valence-electron chi connectivity index (χ0n) is 10.9. The van der Waals surface area contributed by atoms with Crippen molar-refractivity contribution in [2.24, 2.45) is 5.92 Å². The minimum atomic E-state index is 0.0958. The van der Waals surface area contributed by atoms with Gasteiger partial charge in [-0.25, -0.2) is 0 Å². The molecule has 5 nitrogen and oxygen atoms in total. The smallest absolute Gasteiger partial charge is 0.242 e. The average Bonchev–Trinajstić information content (AvgIpc) is 2.76. The Morgan fingerprint density at radius 1 is 1.44 bits per heavy atom. The number of rotatable bonds is 4. The van der Waals surface area contributed by atoms with Crippen LogP contribution in [-0.4, -0.2) is 66.5 Å². The fourth-order valence-electron chi connectivity index (χ4n) is 2.48. The molecule has 6 heteroatoms. The number of likely N-dealkylation sites (tertiary alicyclic amines) is 1. The lowest BCUT2D eigenvalue weighted by Crippen LogP contribution is -2.45. The van der Waals surface area contributed by atoms with E-state index in [1.54, 1.807) is 16.7 Å². The molecule has 2 aliphatic rings. The predicted molar refractivity (Wildman–Crippen MR) is 72.3 cm³/mol. The molecule has 2 rings (SSSR count). The summed E-state index contributed by atoms with van der Waals surface area (Å²) in [5.41, 5.74) is 0. The van der Waals surface area contributed by atoms with Crippen LogP contribution in [0.2, 0.25) is 0 Å². The first-order valence-corrected chi connectivity index (χ1v) is 7.64. The summed E-state index contributed by atoms with van der Waals surface area (Å²) in [7, 11) is 1.97. The van der Waals surface area contributed by atoms with Gasteiger partial charge in [0.05, 0.1) is 11.6 Å². The van der Waals surface area contributed by atoms with E-state index in [4.69, 9.17) is 0 Å². The molecule has 0 saturated carbocycles. The van der Waals surface area contributed by atoms with Gasteiger partial charge in [0.25, 0.3) is 0 Å². The minimum Gasteiger partial charge on any atom is -0.341 e. The van der Waals surface area contributed by atoms with Crippen molar-refractivity contribution in [2.45, 2.75) is 12.8 Å². The Balaban J connectivity index is 1.75. The number of hydrogen-bond donors (Lipinski definition) is 1. The largest absolute Gasteiger partial charge is 0.341 e. The number of carbonyl (C=O) groups is 2. The molecule has 0 radical (unpaired) electrons. The summed E-state index contributed by atoms with van der Waals surface area (Å²) < 4.78 is 0. The maximum Gasteiger partial charge on any atom is 0.242 e. The molecular weight excluding hydrogens is 250 g/mol. The maximum atomic E-state index is 12.1. The Morgan fingerprint density at radius 2 is 2.17 bits per heavy atom. The zero-order valence-corrected chi connectivity index (χ0v) is 11.7. The van der Waals surface area contributed by atoms with Gasteiger partial charge in [0.2, 0.25) is 11.8 Å². The molecule has 0 aromatic carbocycles. The van der Waals surface area contributed by atoms with Gasteiger partial charge in [-0.05, 0) is 32.4 Å². The van der Waals surface area contributed by atoms with E-state index in [0.29, 0.717) is 17.5 Å². The van der Waals surface area contributed by atoms with Crippen molar-refractivity contribution >= 4 is 23.6 Å². The summed E-state index contributed by atoms with van der Waals surface area (Å²) in [4.78, 5) is 27.1. The monoisotopic (exact) mass is 271 g/mol. The van der Waals surface area contributed by atoms with Crippen LogP contribution in [0.1, 0.15) is 12.8 Å². The molecule has 0 aromatic rings. The van der Waals surface area contributed by atoms with E-state index in [1.165, 1.54) is 0 Å². The van der Waals surface area contributed by atoms with Crippen LogP contribution < -0.4 is 5.32 Å². The molecule has 2 fully saturated rings. The number of amides is 2. The van der Waals surface area contributed by atoms with Gasteiger partial charge in [-0.15, -0.1) is 11.8 Å². The van der Waals surface area contributed by atoms with Crippen LogP contribution >= 0.6 is 11.8 Å². The number of piperidine rings is 1. The first-order valence-electron chi connectivity index (χ1n) is 6.48. The third-order valence-electron chi connectivity index (χ3n) is 3.61. The van der Waals surface area contributed by atoms with E-state index >= 15 is 0 Å². The van der Waals surface area contributed by atoms with Gasteiger partial charge in [0.15, 0.2) is 0 Å². The highest BCUT2D eigenvalue weighted by atomic mass is 32.2. The Bertz CT molecular complexity index is 316. The third kappa shape index (κ3) is 3.38. The summed E-state index contributed by atoms with van der Waals surface area (Å²) in [6, 6.07) is 0. The Kier molecular flexibility index (Phi) is 4.88. The topological polar surface area (TPSA) is 52.7 Å². The minimum absolute atomic E-state index is 0.0958. The van der Waals surface area contributed by atoms with E-state index in [0.717, 1.165) is 32.5 Å². The van der Waals surface area contributed by atoms with Crippen LogP contribution in [0.3, 0.4) is 0 Å². The highest BCUT2D eigenvalue weighted by Crippen LogP contribution is 2.18. The van der Waals surface area contributed by atoms with Gasteiger partial charge in [-0.1, -0.05) is 0 Å². The van der Waals surface area contributed by atoms with Gasteiger partial charge < -0.3 is 15.1 Å². The third-order valence-corrected chi connectivity index (χ3v) is 4.56. The fourth-order valence-corrected chi connectivity index (χ4v) is 3.38. The van der Waals surface area contributed by atoms with Crippen molar-refractivity contribution in [1.82, 2.24) is 15.1 Å². The molecular formula is C12H21N3O2S. The van der Waals surface area contributed by atoms with Gasteiger partial charge >= 0.3 is 0 Å². The molecule has 2 amide bonds. The van der Waals surface area contributed by atoms with Gasteiger partial charge in [0.1, 0.15) is 6.54 Å². The SMILES string of the molecule is CNCC1CCN(C(=O)CN2CSCC2=O)CC1. The standard InChI is InChI=1S/C12H21N3O2S/c1-13-6-10-2-4-14(5-3-10)11(16)7-15-9-18-8-12(15)17/h10,13H,2-9H2,1H3. The van der Waals surface area contributed by atoms with Crippen LogP contribution in [0.4, 0.5) is 0 Å². The molecule has 102 valence electrons. The van der Waals surface area contributed by atoms with Gasteiger partial charge in [-0.2, -0.15) is 0 Å². The maximum absolute atomic E-state index is 12.1. The van der Waals surface area contributed by atoms with Crippen molar-refractivity contribution in [3.63, 3.8) is 0 Å². The molecule has 2 aliphatic heterocycles. The first kappa shape index (κ1) is 13.7. The van der Waals surface area contributed by atoms with Crippen molar-refractivity contribution < 1.29 is 9.59 Å². The van der Waals surface area contributed by atoms with E-state index in [-0.39, 0.29) is 18.4 Å². The molecule has 2 saturated heterocycles. The molecule has 1 N–H and O–H groups in total. The highest BCUT2D eigenvalue weighted by Gasteiger charge is 2.27. The zero-order chi connectivity index (χ0) is 13.0. The molecule has 0 unspecified atom stereocenters. The van der Waals surface area contributed by atoms with Crippen LogP contribution in [0.15, 0.2) is 0 Å². The second-order valence-corrected chi connectivity index (χ2v) is 5.91. The molecule has 18 heavy (non-hydrogen) atoms. The molecule has 0 aromatic heterocycles. The number of thioether (sulfide) groups is 1. The van der Waals surface area contributed by atoms with Crippen LogP contribution in [-0.2, 0) is 9.59 Å². The second kappa shape index (κ2) is 6.43. The number of hydrogen-bond acceptors (Lipinski definition) is 4. The van der Waals surface area contributed by atoms with E-state index in [9.17, 15) is 9.59 Å². The van der Waals surface area contributed by atoms with Crippen molar-refractivity contribution in [3.05, 3.63) is 0 Å². The Labute approximate surface area is 112 Å². The lowest BCUT2D eigenvalue weighted by molar-refractivity contribution is -0.138. The van der Waals surface area contributed by atoms with E-state index < -0.39 is 0 Å². The summed E-state index contributed by atoms with van der Waals surface area (Å²) in [6.07, 6.45) is 2.13. The van der Waals surface area contributed by atoms with Crippen LogP contribution in [0, 0.1) is 5.92 Å².